The van der Waals surface area contributed by atoms with Crippen LogP contribution in [0.15, 0.2) is 18.2 Å². The Labute approximate surface area is 114 Å². The van der Waals surface area contributed by atoms with Crippen LogP contribution in [-0.2, 0) is 0 Å². The van der Waals surface area contributed by atoms with Gasteiger partial charge >= 0.3 is 0 Å². The van der Waals surface area contributed by atoms with Gasteiger partial charge in [-0.1, -0.05) is 13.3 Å². The predicted molar refractivity (Wildman–Crippen MR) is 76.2 cm³/mol. The molecule has 4 nitrogen and oxygen atoms in total. The average molecular weight is 262 g/mol. The molecule has 0 saturated heterocycles. The molecule has 0 heterocycles. The highest BCUT2D eigenvalue weighted by Gasteiger charge is 2.21. The van der Waals surface area contributed by atoms with Gasteiger partial charge < -0.3 is 15.8 Å². The Morgan fingerprint density at radius 1 is 1.47 bits per heavy atom. The minimum Gasteiger partial charge on any atom is -0.495 e. The number of carbonyl (C=O) groups is 1. The van der Waals surface area contributed by atoms with Gasteiger partial charge in [0.1, 0.15) is 5.75 Å². The second-order valence-corrected chi connectivity index (χ2v) is 5.45. The zero-order chi connectivity index (χ0) is 13.8. The molecule has 0 aliphatic heterocycles. The highest BCUT2D eigenvalue weighted by Crippen LogP contribution is 2.29. The van der Waals surface area contributed by atoms with Crippen molar-refractivity contribution in [3.05, 3.63) is 23.8 Å². The molecule has 0 radical (unpaired) electrons. The lowest BCUT2D eigenvalue weighted by molar-refractivity contribution is 0.0947. The van der Waals surface area contributed by atoms with Crippen molar-refractivity contribution in [3.8, 4) is 5.75 Å². The van der Waals surface area contributed by atoms with Gasteiger partial charge in [-0.15, -0.1) is 0 Å². The minimum atomic E-state index is -0.0575. The molecule has 1 aromatic rings. The third-order valence-electron chi connectivity index (χ3n) is 3.85. The van der Waals surface area contributed by atoms with E-state index in [-0.39, 0.29) is 5.91 Å². The summed E-state index contributed by atoms with van der Waals surface area (Å²) in [5, 5.41) is 3.00. The zero-order valence-corrected chi connectivity index (χ0v) is 11.6. The first kappa shape index (κ1) is 13.7. The second-order valence-electron chi connectivity index (χ2n) is 5.45. The number of nitrogens with two attached hydrogens (primary N) is 1. The Morgan fingerprint density at radius 3 is 2.89 bits per heavy atom. The number of hydrogen-bond acceptors (Lipinski definition) is 3. The van der Waals surface area contributed by atoms with Gasteiger partial charge in [0.05, 0.1) is 12.8 Å². The Hall–Kier alpha value is -1.71. The molecule has 4 heteroatoms. The molecule has 1 fully saturated rings. The van der Waals surface area contributed by atoms with Crippen LogP contribution in [0.25, 0.3) is 0 Å². The predicted octanol–water partition coefficient (Wildman–Crippen LogP) is 2.44. The van der Waals surface area contributed by atoms with E-state index in [4.69, 9.17) is 10.5 Å². The molecule has 1 aromatic carbocycles. The molecule has 2 unspecified atom stereocenters. The molecule has 1 aliphatic carbocycles. The van der Waals surface area contributed by atoms with E-state index in [1.165, 1.54) is 19.3 Å². The quantitative estimate of drug-likeness (QED) is 0.819. The first-order valence-corrected chi connectivity index (χ1v) is 6.82. The van der Waals surface area contributed by atoms with Crippen LogP contribution in [0.2, 0.25) is 0 Å². The number of nitrogen functional groups attached to an aromatic ring is 1. The zero-order valence-electron chi connectivity index (χ0n) is 11.6. The molecule has 0 aromatic heterocycles. The lowest BCUT2D eigenvalue weighted by atomic mass is 10.1. The smallest absolute Gasteiger partial charge is 0.251 e. The third-order valence-corrected chi connectivity index (χ3v) is 3.85. The molecular formula is C15H22N2O2. The number of carbonyl (C=O) groups excluding carboxylic acids is 1. The summed E-state index contributed by atoms with van der Waals surface area (Å²) in [5.74, 6) is 1.90. The van der Waals surface area contributed by atoms with E-state index in [0.29, 0.717) is 22.9 Å². The van der Waals surface area contributed by atoms with Crippen molar-refractivity contribution in [2.75, 3.05) is 19.4 Å². The number of ether oxygens (including phenoxy) is 1. The molecular weight excluding hydrogens is 240 g/mol. The van der Waals surface area contributed by atoms with Crippen molar-refractivity contribution in [1.82, 2.24) is 5.32 Å². The lowest BCUT2D eigenvalue weighted by Crippen LogP contribution is -2.28. The van der Waals surface area contributed by atoms with Crippen LogP contribution in [0.5, 0.6) is 5.75 Å². The maximum absolute atomic E-state index is 12.1. The molecule has 0 spiro atoms. The van der Waals surface area contributed by atoms with Gasteiger partial charge in [-0.3, -0.25) is 4.79 Å². The fraction of sp³-hybridized carbons (Fsp3) is 0.533. The molecule has 2 rings (SSSR count). The van der Waals surface area contributed by atoms with E-state index >= 15 is 0 Å². The van der Waals surface area contributed by atoms with E-state index in [0.717, 1.165) is 12.5 Å². The van der Waals surface area contributed by atoms with Gasteiger partial charge in [0, 0.05) is 12.1 Å². The summed E-state index contributed by atoms with van der Waals surface area (Å²) in [6.07, 6.45) is 3.70. The fourth-order valence-corrected chi connectivity index (χ4v) is 2.70. The summed E-state index contributed by atoms with van der Waals surface area (Å²) in [6.45, 7) is 3.03. The van der Waals surface area contributed by atoms with Gasteiger partial charge in [0.15, 0.2) is 0 Å². The standard InChI is InChI=1S/C15H22N2O2/c1-10-3-4-11(7-10)9-17-15(18)12-5-6-13(16)14(8-12)19-2/h5-6,8,10-11H,3-4,7,9,16H2,1-2H3,(H,17,18). The van der Waals surface area contributed by atoms with Crippen molar-refractivity contribution in [2.45, 2.75) is 26.2 Å². The minimum absolute atomic E-state index is 0.0575. The second kappa shape index (κ2) is 5.95. The van der Waals surface area contributed by atoms with E-state index in [1.807, 2.05) is 0 Å². The van der Waals surface area contributed by atoms with Crippen LogP contribution in [0.3, 0.4) is 0 Å². The third kappa shape index (κ3) is 3.40. The molecule has 3 N–H and O–H groups in total. The Morgan fingerprint density at radius 2 is 2.26 bits per heavy atom. The van der Waals surface area contributed by atoms with Crippen molar-refractivity contribution in [3.63, 3.8) is 0 Å². The molecule has 2 atom stereocenters. The van der Waals surface area contributed by atoms with Crippen LogP contribution in [-0.4, -0.2) is 19.6 Å². The van der Waals surface area contributed by atoms with E-state index in [1.54, 1.807) is 25.3 Å². The normalized spacial score (nSPS) is 22.2. The topological polar surface area (TPSA) is 64.3 Å². The SMILES string of the molecule is COc1cc(C(=O)NCC2CCC(C)C2)ccc1N. The Bertz CT molecular complexity index is 459. The number of benzene rings is 1. The van der Waals surface area contributed by atoms with Gasteiger partial charge in [-0.05, 0) is 42.9 Å². The van der Waals surface area contributed by atoms with Crippen molar-refractivity contribution < 1.29 is 9.53 Å². The van der Waals surface area contributed by atoms with Crippen molar-refractivity contribution >= 4 is 11.6 Å². The molecule has 1 saturated carbocycles. The van der Waals surface area contributed by atoms with Crippen molar-refractivity contribution in [1.29, 1.82) is 0 Å². The van der Waals surface area contributed by atoms with Crippen LogP contribution in [0, 0.1) is 11.8 Å². The van der Waals surface area contributed by atoms with Gasteiger partial charge in [-0.25, -0.2) is 0 Å². The summed E-state index contributed by atoms with van der Waals surface area (Å²) in [7, 11) is 1.55. The number of methoxy groups -OCH3 is 1. The summed E-state index contributed by atoms with van der Waals surface area (Å²) in [5.41, 5.74) is 6.87. The van der Waals surface area contributed by atoms with Crippen LogP contribution < -0.4 is 15.8 Å². The van der Waals surface area contributed by atoms with Crippen molar-refractivity contribution in [2.24, 2.45) is 11.8 Å². The summed E-state index contributed by atoms with van der Waals surface area (Å²) in [4.78, 5) is 12.1. The van der Waals surface area contributed by atoms with E-state index in [9.17, 15) is 4.79 Å². The molecule has 1 amide bonds. The van der Waals surface area contributed by atoms with E-state index < -0.39 is 0 Å². The average Bonchev–Trinajstić information content (AvgIpc) is 2.82. The first-order chi connectivity index (χ1) is 9.10. The molecule has 1 aliphatic rings. The first-order valence-electron chi connectivity index (χ1n) is 6.82. The number of hydrogen-bond donors (Lipinski definition) is 2. The monoisotopic (exact) mass is 262 g/mol. The summed E-state index contributed by atoms with van der Waals surface area (Å²) < 4.78 is 5.12. The lowest BCUT2D eigenvalue weighted by Gasteiger charge is -2.12. The van der Waals surface area contributed by atoms with Crippen LogP contribution in [0.4, 0.5) is 5.69 Å². The van der Waals surface area contributed by atoms with Gasteiger partial charge in [0.25, 0.3) is 5.91 Å². The molecule has 0 bridgehead atoms. The number of rotatable bonds is 4. The van der Waals surface area contributed by atoms with Crippen LogP contribution >= 0.6 is 0 Å². The van der Waals surface area contributed by atoms with Gasteiger partial charge in [0.2, 0.25) is 0 Å². The maximum Gasteiger partial charge on any atom is 0.251 e. The maximum atomic E-state index is 12.1. The fourth-order valence-electron chi connectivity index (χ4n) is 2.70. The highest BCUT2D eigenvalue weighted by atomic mass is 16.5. The summed E-state index contributed by atoms with van der Waals surface area (Å²) in [6, 6.07) is 5.11. The Balaban J connectivity index is 1.92. The molecule has 19 heavy (non-hydrogen) atoms. The molecule has 104 valence electrons. The van der Waals surface area contributed by atoms with Crippen LogP contribution in [0.1, 0.15) is 36.5 Å². The van der Waals surface area contributed by atoms with Gasteiger partial charge in [-0.2, -0.15) is 0 Å². The summed E-state index contributed by atoms with van der Waals surface area (Å²) >= 11 is 0. The number of nitrogens with one attached hydrogen (secondary N) is 1. The van der Waals surface area contributed by atoms with E-state index in [2.05, 4.69) is 12.2 Å². The Kier molecular flexibility index (Phi) is 4.30. The number of anilines is 1. The number of amides is 1. The highest BCUT2D eigenvalue weighted by molar-refractivity contribution is 5.95. The largest absolute Gasteiger partial charge is 0.495 e.